The minimum absolute atomic E-state index is 0.506. The van der Waals surface area contributed by atoms with Crippen molar-refractivity contribution in [3.63, 3.8) is 0 Å². The molecule has 94 valence electrons. The van der Waals surface area contributed by atoms with E-state index in [2.05, 4.69) is 4.98 Å². The van der Waals surface area contributed by atoms with Crippen LogP contribution in [-0.4, -0.2) is 4.98 Å². The van der Waals surface area contributed by atoms with Gasteiger partial charge in [0.1, 0.15) is 0 Å². The Morgan fingerprint density at radius 2 is 1.78 bits per heavy atom. The number of halogens is 2. The first-order valence-electron chi connectivity index (χ1n) is 5.63. The van der Waals surface area contributed by atoms with Gasteiger partial charge in [-0.25, -0.2) is 8.78 Å². The Morgan fingerprint density at radius 1 is 1.06 bits per heavy atom. The Labute approximate surface area is 104 Å². The van der Waals surface area contributed by atoms with Crippen LogP contribution in [0.25, 0.3) is 0 Å². The molecule has 0 saturated heterocycles. The summed E-state index contributed by atoms with van der Waals surface area (Å²) in [5, 5.41) is 0. The highest BCUT2D eigenvalue weighted by Crippen LogP contribution is 2.23. The first-order chi connectivity index (χ1) is 8.49. The highest BCUT2D eigenvalue weighted by atomic mass is 19.2. The first kappa shape index (κ1) is 12.6. The van der Waals surface area contributed by atoms with Crippen molar-refractivity contribution in [2.45, 2.75) is 19.9 Å². The molecule has 1 atom stereocenters. The lowest BCUT2D eigenvalue weighted by molar-refractivity contribution is 0.506. The number of aryl methyl sites for hydroxylation is 2. The molecule has 2 nitrogen and oxygen atoms in total. The standard InChI is InChI=1S/C14H14F2N2/c1-8-3-5-11(9(2)18-8)14(17)10-4-6-12(15)13(16)7-10/h3-7,14H,17H2,1-2H3. The van der Waals surface area contributed by atoms with Gasteiger partial charge in [-0.1, -0.05) is 12.1 Å². The summed E-state index contributed by atoms with van der Waals surface area (Å²) in [5.41, 5.74) is 9.09. The van der Waals surface area contributed by atoms with E-state index in [0.717, 1.165) is 29.1 Å². The topological polar surface area (TPSA) is 38.9 Å². The molecule has 0 bridgehead atoms. The van der Waals surface area contributed by atoms with E-state index in [9.17, 15) is 8.78 Å². The maximum Gasteiger partial charge on any atom is 0.159 e. The molecule has 0 spiro atoms. The molecule has 0 radical (unpaired) electrons. The molecule has 0 aliphatic carbocycles. The van der Waals surface area contributed by atoms with E-state index in [0.29, 0.717) is 5.56 Å². The third-order valence-electron chi connectivity index (χ3n) is 2.90. The second kappa shape index (κ2) is 4.82. The van der Waals surface area contributed by atoms with E-state index in [1.807, 2.05) is 26.0 Å². The number of benzene rings is 1. The van der Waals surface area contributed by atoms with Crippen LogP contribution < -0.4 is 5.73 Å². The Morgan fingerprint density at radius 3 is 2.39 bits per heavy atom. The summed E-state index contributed by atoms with van der Waals surface area (Å²) in [5.74, 6) is -1.76. The van der Waals surface area contributed by atoms with Crippen molar-refractivity contribution in [1.29, 1.82) is 0 Å². The average Bonchev–Trinajstić information content (AvgIpc) is 2.32. The van der Waals surface area contributed by atoms with Crippen LogP contribution >= 0.6 is 0 Å². The Balaban J connectivity index is 2.41. The zero-order valence-electron chi connectivity index (χ0n) is 10.2. The second-order valence-corrected chi connectivity index (χ2v) is 4.28. The van der Waals surface area contributed by atoms with Crippen LogP contribution in [0.3, 0.4) is 0 Å². The van der Waals surface area contributed by atoms with Crippen LogP contribution in [0.2, 0.25) is 0 Å². The van der Waals surface area contributed by atoms with Crippen LogP contribution in [0.4, 0.5) is 8.78 Å². The van der Waals surface area contributed by atoms with E-state index in [1.165, 1.54) is 6.07 Å². The summed E-state index contributed by atoms with van der Waals surface area (Å²) in [6.45, 7) is 3.74. The van der Waals surface area contributed by atoms with Gasteiger partial charge in [-0.15, -0.1) is 0 Å². The molecule has 1 aromatic heterocycles. The minimum atomic E-state index is -0.888. The molecule has 2 aromatic rings. The van der Waals surface area contributed by atoms with E-state index in [1.54, 1.807) is 0 Å². The summed E-state index contributed by atoms with van der Waals surface area (Å²) < 4.78 is 26.0. The van der Waals surface area contributed by atoms with Crippen LogP contribution in [0.15, 0.2) is 30.3 Å². The van der Waals surface area contributed by atoms with Crippen molar-refractivity contribution < 1.29 is 8.78 Å². The fourth-order valence-electron chi connectivity index (χ4n) is 1.91. The SMILES string of the molecule is Cc1ccc(C(N)c2ccc(F)c(F)c2)c(C)n1. The van der Waals surface area contributed by atoms with Crippen molar-refractivity contribution in [1.82, 2.24) is 4.98 Å². The minimum Gasteiger partial charge on any atom is -0.320 e. The first-order valence-corrected chi connectivity index (χ1v) is 5.63. The van der Waals surface area contributed by atoms with E-state index in [-0.39, 0.29) is 0 Å². The van der Waals surface area contributed by atoms with Gasteiger partial charge in [0.25, 0.3) is 0 Å². The number of rotatable bonds is 2. The van der Waals surface area contributed by atoms with E-state index < -0.39 is 17.7 Å². The molecule has 2 N–H and O–H groups in total. The van der Waals surface area contributed by atoms with E-state index >= 15 is 0 Å². The van der Waals surface area contributed by atoms with Crippen LogP contribution in [0, 0.1) is 25.5 Å². The predicted molar refractivity (Wildman–Crippen MR) is 66.1 cm³/mol. The van der Waals surface area contributed by atoms with Crippen molar-refractivity contribution >= 4 is 0 Å². The maximum atomic E-state index is 13.2. The van der Waals surface area contributed by atoms with Gasteiger partial charge in [0, 0.05) is 11.4 Å². The summed E-state index contributed by atoms with van der Waals surface area (Å²) in [4.78, 5) is 4.31. The lowest BCUT2D eigenvalue weighted by Gasteiger charge is -2.15. The van der Waals surface area contributed by atoms with Crippen molar-refractivity contribution in [2.75, 3.05) is 0 Å². The summed E-state index contributed by atoms with van der Waals surface area (Å²) in [6.07, 6.45) is 0. The van der Waals surface area contributed by atoms with Crippen LogP contribution in [0.1, 0.15) is 28.6 Å². The molecule has 1 unspecified atom stereocenters. The average molecular weight is 248 g/mol. The number of nitrogens with zero attached hydrogens (tertiary/aromatic N) is 1. The summed E-state index contributed by atoms with van der Waals surface area (Å²) in [7, 11) is 0. The van der Waals surface area contributed by atoms with Gasteiger partial charge in [-0.3, -0.25) is 4.98 Å². The fourth-order valence-corrected chi connectivity index (χ4v) is 1.91. The molecule has 18 heavy (non-hydrogen) atoms. The van der Waals surface area contributed by atoms with Gasteiger partial charge in [-0.2, -0.15) is 0 Å². The number of hydrogen-bond donors (Lipinski definition) is 1. The van der Waals surface area contributed by atoms with Crippen molar-refractivity contribution in [3.8, 4) is 0 Å². The highest BCUT2D eigenvalue weighted by Gasteiger charge is 2.14. The molecule has 0 saturated carbocycles. The van der Waals surface area contributed by atoms with E-state index in [4.69, 9.17) is 5.73 Å². The quantitative estimate of drug-likeness (QED) is 0.887. The van der Waals surface area contributed by atoms with Gasteiger partial charge in [0.05, 0.1) is 6.04 Å². The van der Waals surface area contributed by atoms with Crippen molar-refractivity contribution in [3.05, 3.63) is 64.5 Å². The van der Waals surface area contributed by atoms with Gasteiger partial charge < -0.3 is 5.73 Å². The molecule has 0 aliphatic rings. The predicted octanol–water partition coefficient (Wildman–Crippen LogP) is 3.02. The number of pyridine rings is 1. The summed E-state index contributed by atoms with van der Waals surface area (Å²) >= 11 is 0. The molecule has 2 rings (SSSR count). The lowest BCUT2D eigenvalue weighted by atomic mass is 9.98. The normalized spacial score (nSPS) is 12.5. The molecule has 1 heterocycles. The Kier molecular flexibility index (Phi) is 3.39. The molecular weight excluding hydrogens is 234 g/mol. The number of nitrogens with two attached hydrogens (primary N) is 1. The lowest BCUT2D eigenvalue weighted by Crippen LogP contribution is -2.14. The van der Waals surface area contributed by atoms with Crippen LogP contribution in [0.5, 0.6) is 0 Å². The number of hydrogen-bond acceptors (Lipinski definition) is 2. The Bertz CT molecular complexity index is 582. The molecule has 0 aliphatic heterocycles. The maximum absolute atomic E-state index is 13.2. The van der Waals surface area contributed by atoms with Gasteiger partial charge in [-0.05, 0) is 43.2 Å². The number of aromatic nitrogens is 1. The molecule has 0 amide bonds. The molecular formula is C14H14F2N2. The summed E-state index contributed by atoms with van der Waals surface area (Å²) in [6, 6.07) is 6.91. The van der Waals surface area contributed by atoms with Gasteiger partial charge >= 0.3 is 0 Å². The third-order valence-corrected chi connectivity index (χ3v) is 2.90. The third kappa shape index (κ3) is 2.38. The van der Waals surface area contributed by atoms with Crippen LogP contribution in [-0.2, 0) is 0 Å². The fraction of sp³-hybridized carbons (Fsp3) is 0.214. The van der Waals surface area contributed by atoms with Gasteiger partial charge in [0.15, 0.2) is 11.6 Å². The molecule has 1 aromatic carbocycles. The highest BCUT2D eigenvalue weighted by molar-refractivity contribution is 5.34. The monoisotopic (exact) mass is 248 g/mol. The van der Waals surface area contributed by atoms with Gasteiger partial charge in [0.2, 0.25) is 0 Å². The zero-order valence-corrected chi connectivity index (χ0v) is 10.2. The zero-order chi connectivity index (χ0) is 13.3. The molecule has 0 fully saturated rings. The molecule has 4 heteroatoms. The smallest absolute Gasteiger partial charge is 0.159 e. The second-order valence-electron chi connectivity index (χ2n) is 4.28. The Hall–Kier alpha value is -1.81. The largest absolute Gasteiger partial charge is 0.320 e. The van der Waals surface area contributed by atoms with Crippen molar-refractivity contribution in [2.24, 2.45) is 5.73 Å².